The highest BCUT2D eigenvalue weighted by Crippen LogP contribution is 1.97. The van der Waals surface area contributed by atoms with Crippen LogP contribution in [-0.2, 0) is 9.59 Å². The van der Waals surface area contributed by atoms with Gasteiger partial charge in [0.05, 0.1) is 6.54 Å². The molecule has 0 spiro atoms. The normalized spacial score (nSPS) is 16.0. The molecule has 0 radical (unpaired) electrons. The standard InChI is InChI=1S/C10H19N3O2.ClH/c1-9(14)12(2)8-10(15)13-6-3-4-11-5-7-13;/h11H,3-8H2,1-2H3;1H. The lowest BCUT2D eigenvalue weighted by Crippen LogP contribution is -2.41. The van der Waals surface area contributed by atoms with Crippen molar-refractivity contribution in [1.29, 1.82) is 0 Å². The summed E-state index contributed by atoms with van der Waals surface area (Å²) in [7, 11) is 1.65. The Balaban J connectivity index is 0.00000225. The molecular weight excluding hydrogens is 230 g/mol. The summed E-state index contributed by atoms with van der Waals surface area (Å²) >= 11 is 0. The average molecular weight is 250 g/mol. The molecule has 1 heterocycles. The van der Waals surface area contributed by atoms with E-state index in [0.29, 0.717) is 0 Å². The number of carbonyl (C=O) groups excluding carboxylic acids is 2. The Morgan fingerprint density at radius 3 is 2.62 bits per heavy atom. The van der Waals surface area contributed by atoms with Crippen LogP contribution in [0.25, 0.3) is 0 Å². The molecule has 94 valence electrons. The van der Waals surface area contributed by atoms with Crippen molar-refractivity contribution in [3.8, 4) is 0 Å². The van der Waals surface area contributed by atoms with E-state index in [9.17, 15) is 9.59 Å². The second-order valence-electron chi connectivity index (χ2n) is 3.86. The molecule has 16 heavy (non-hydrogen) atoms. The van der Waals surface area contributed by atoms with E-state index < -0.39 is 0 Å². The van der Waals surface area contributed by atoms with E-state index in [1.165, 1.54) is 11.8 Å². The molecule has 5 nitrogen and oxygen atoms in total. The minimum atomic E-state index is -0.0729. The number of hydrogen-bond acceptors (Lipinski definition) is 3. The minimum absolute atomic E-state index is 0. The van der Waals surface area contributed by atoms with Gasteiger partial charge < -0.3 is 15.1 Å². The number of halogens is 1. The zero-order valence-corrected chi connectivity index (χ0v) is 10.7. The Hall–Kier alpha value is -0.810. The average Bonchev–Trinajstić information content (AvgIpc) is 2.45. The van der Waals surface area contributed by atoms with Gasteiger partial charge in [-0.15, -0.1) is 12.4 Å². The lowest BCUT2D eigenvalue weighted by Gasteiger charge is -2.23. The number of rotatable bonds is 2. The van der Waals surface area contributed by atoms with Crippen molar-refractivity contribution in [2.75, 3.05) is 39.8 Å². The number of nitrogens with zero attached hydrogens (tertiary/aromatic N) is 2. The van der Waals surface area contributed by atoms with Crippen molar-refractivity contribution in [3.05, 3.63) is 0 Å². The molecule has 0 aromatic rings. The lowest BCUT2D eigenvalue weighted by molar-refractivity contribution is -0.138. The first-order valence-electron chi connectivity index (χ1n) is 5.31. The Bertz CT molecular complexity index is 240. The van der Waals surface area contributed by atoms with Gasteiger partial charge in [0, 0.05) is 33.6 Å². The summed E-state index contributed by atoms with van der Waals surface area (Å²) in [6, 6.07) is 0. The van der Waals surface area contributed by atoms with Crippen LogP contribution < -0.4 is 5.32 Å². The maximum absolute atomic E-state index is 11.8. The zero-order valence-electron chi connectivity index (χ0n) is 9.86. The monoisotopic (exact) mass is 249 g/mol. The first-order chi connectivity index (χ1) is 7.11. The molecule has 0 unspecified atom stereocenters. The van der Waals surface area contributed by atoms with Crippen LogP contribution in [0.5, 0.6) is 0 Å². The fourth-order valence-electron chi connectivity index (χ4n) is 1.51. The van der Waals surface area contributed by atoms with Crippen molar-refractivity contribution in [2.24, 2.45) is 0 Å². The maximum atomic E-state index is 11.8. The molecule has 1 aliphatic heterocycles. The van der Waals surface area contributed by atoms with Gasteiger partial charge in [-0.3, -0.25) is 9.59 Å². The number of amides is 2. The quantitative estimate of drug-likeness (QED) is 0.732. The van der Waals surface area contributed by atoms with E-state index in [1.54, 1.807) is 7.05 Å². The third kappa shape index (κ3) is 4.81. The Labute approximate surface area is 103 Å². The minimum Gasteiger partial charge on any atom is -0.340 e. The molecule has 2 amide bonds. The van der Waals surface area contributed by atoms with Gasteiger partial charge in [0.25, 0.3) is 0 Å². The second-order valence-corrected chi connectivity index (χ2v) is 3.86. The first kappa shape index (κ1) is 15.2. The van der Waals surface area contributed by atoms with Crippen LogP contribution in [-0.4, -0.2) is 61.4 Å². The van der Waals surface area contributed by atoms with Crippen LogP contribution in [0.1, 0.15) is 13.3 Å². The van der Waals surface area contributed by atoms with Gasteiger partial charge >= 0.3 is 0 Å². The third-order valence-electron chi connectivity index (χ3n) is 2.60. The van der Waals surface area contributed by atoms with E-state index in [2.05, 4.69) is 5.32 Å². The maximum Gasteiger partial charge on any atom is 0.242 e. The molecule has 1 rings (SSSR count). The molecule has 0 saturated carbocycles. The van der Waals surface area contributed by atoms with Gasteiger partial charge in [0.2, 0.25) is 11.8 Å². The van der Waals surface area contributed by atoms with Crippen LogP contribution in [0.3, 0.4) is 0 Å². The van der Waals surface area contributed by atoms with Crippen molar-refractivity contribution in [3.63, 3.8) is 0 Å². The topological polar surface area (TPSA) is 52.7 Å². The zero-order chi connectivity index (χ0) is 11.3. The first-order valence-corrected chi connectivity index (χ1v) is 5.31. The van der Waals surface area contributed by atoms with Crippen molar-refractivity contribution >= 4 is 24.2 Å². The van der Waals surface area contributed by atoms with Crippen LogP contribution >= 0.6 is 12.4 Å². The van der Waals surface area contributed by atoms with Crippen molar-refractivity contribution in [1.82, 2.24) is 15.1 Å². The highest BCUT2D eigenvalue weighted by Gasteiger charge is 2.17. The van der Waals surface area contributed by atoms with Gasteiger partial charge in [0.15, 0.2) is 0 Å². The molecule has 1 saturated heterocycles. The Morgan fingerprint density at radius 2 is 2.00 bits per heavy atom. The van der Waals surface area contributed by atoms with Crippen LogP contribution in [0, 0.1) is 0 Å². The van der Waals surface area contributed by atoms with Crippen molar-refractivity contribution in [2.45, 2.75) is 13.3 Å². The van der Waals surface area contributed by atoms with E-state index >= 15 is 0 Å². The molecule has 0 aromatic heterocycles. The second kappa shape index (κ2) is 7.46. The van der Waals surface area contributed by atoms with E-state index in [0.717, 1.165) is 32.6 Å². The summed E-state index contributed by atoms with van der Waals surface area (Å²) in [5.41, 5.74) is 0. The molecule has 0 atom stereocenters. The smallest absolute Gasteiger partial charge is 0.242 e. The van der Waals surface area contributed by atoms with Crippen molar-refractivity contribution < 1.29 is 9.59 Å². The Morgan fingerprint density at radius 1 is 1.31 bits per heavy atom. The van der Waals surface area contributed by atoms with E-state index in [4.69, 9.17) is 0 Å². The summed E-state index contributed by atoms with van der Waals surface area (Å²) in [5.74, 6) is -0.0345. The van der Waals surface area contributed by atoms with Gasteiger partial charge in [-0.05, 0) is 13.0 Å². The van der Waals surface area contributed by atoms with Gasteiger partial charge in [-0.1, -0.05) is 0 Å². The molecule has 6 heteroatoms. The summed E-state index contributed by atoms with van der Waals surface area (Å²) in [5, 5.41) is 3.23. The molecule has 1 aliphatic rings. The molecule has 0 bridgehead atoms. The molecular formula is C10H20ClN3O2. The third-order valence-corrected chi connectivity index (χ3v) is 2.60. The summed E-state index contributed by atoms with van der Waals surface area (Å²) in [6.45, 7) is 5.00. The van der Waals surface area contributed by atoms with Crippen LogP contribution in [0.15, 0.2) is 0 Å². The predicted octanol–water partition coefficient (Wildman–Crippen LogP) is -0.292. The summed E-state index contributed by atoms with van der Waals surface area (Å²) in [4.78, 5) is 26.0. The van der Waals surface area contributed by atoms with Gasteiger partial charge in [-0.25, -0.2) is 0 Å². The predicted molar refractivity (Wildman–Crippen MR) is 64.6 cm³/mol. The lowest BCUT2D eigenvalue weighted by atomic mass is 10.3. The van der Waals surface area contributed by atoms with Crippen LogP contribution in [0.4, 0.5) is 0 Å². The number of likely N-dealkylation sites (N-methyl/N-ethyl adjacent to an activating group) is 1. The summed E-state index contributed by atoms with van der Waals surface area (Å²) in [6.07, 6.45) is 0.982. The highest BCUT2D eigenvalue weighted by atomic mass is 35.5. The van der Waals surface area contributed by atoms with Crippen LogP contribution in [0.2, 0.25) is 0 Å². The Kier molecular flexibility index (Phi) is 7.08. The van der Waals surface area contributed by atoms with Gasteiger partial charge in [0.1, 0.15) is 0 Å². The summed E-state index contributed by atoms with van der Waals surface area (Å²) < 4.78 is 0. The molecule has 1 N–H and O–H groups in total. The fraction of sp³-hybridized carbons (Fsp3) is 0.800. The van der Waals surface area contributed by atoms with Gasteiger partial charge in [-0.2, -0.15) is 0 Å². The molecule has 1 fully saturated rings. The van der Waals surface area contributed by atoms with E-state index in [1.807, 2.05) is 4.90 Å². The van der Waals surface area contributed by atoms with E-state index in [-0.39, 0.29) is 30.8 Å². The molecule has 0 aliphatic carbocycles. The largest absolute Gasteiger partial charge is 0.340 e. The number of nitrogens with one attached hydrogen (secondary N) is 1. The number of carbonyl (C=O) groups is 2. The highest BCUT2D eigenvalue weighted by molar-refractivity contribution is 5.85. The fourth-order valence-corrected chi connectivity index (χ4v) is 1.51. The SMILES string of the molecule is CC(=O)N(C)CC(=O)N1CCCNCC1.Cl. The number of hydrogen-bond donors (Lipinski definition) is 1. The molecule has 0 aromatic carbocycles.